The van der Waals surface area contributed by atoms with Crippen LogP contribution < -0.4 is 10.2 Å². The second-order valence-corrected chi connectivity index (χ2v) is 11.7. The molecule has 3 aromatic carbocycles. The number of alkyl halides is 3. The van der Waals surface area contributed by atoms with Crippen molar-refractivity contribution in [3.8, 4) is 0 Å². The largest absolute Gasteiger partial charge is 0.393 e. The van der Waals surface area contributed by atoms with Gasteiger partial charge >= 0.3 is 6.18 Å². The predicted molar refractivity (Wildman–Crippen MR) is 159 cm³/mol. The van der Waals surface area contributed by atoms with Crippen molar-refractivity contribution in [3.63, 3.8) is 0 Å². The molecule has 2 heterocycles. The average molecular weight is 644 g/mol. The Kier molecular flexibility index (Phi) is 8.67. The summed E-state index contributed by atoms with van der Waals surface area (Å²) < 4.78 is 42.1. The van der Waals surface area contributed by atoms with Crippen molar-refractivity contribution in [2.24, 2.45) is 13.0 Å². The van der Waals surface area contributed by atoms with Gasteiger partial charge in [-0.05, 0) is 54.3 Å². The Labute approximate surface area is 255 Å². The summed E-state index contributed by atoms with van der Waals surface area (Å²) in [5.74, 6) is -1.08. The first kappa shape index (κ1) is 29.8. The molecule has 1 fully saturated rings. The van der Waals surface area contributed by atoms with E-state index >= 15 is 0 Å². The molecule has 41 heavy (non-hydrogen) atoms. The number of aromatic nitrogens is 2. The third kappa shape index (κ3) is 6.41. The Balaban J connectivity index is 1.36. The first-order valence-corrected chi connectivity index (χ1v) is 14.4. The molecule has 0 bridgehead atoms. The van der Waals surface area contributed by atoms with Gasteiger partial charge in [-0.2, -0.15) is 13.2 Å². The van der Waals surface area contributed by atoms with E-state index in [0.29, 0.717) is 46.5 Å². The van der Waals surface area contributed by atoms with E-state index in [1.165, 1.54) is 0 Å². The summed E-state index contributed by atoms with van der Waals surface area (Å²) in [6, 6.07) is 13.8. The summed E-state index contributed by atoms with van der Waals surface area (Å²) in [7, 11) is 1.85. The molecule has 1 aliphatic rings. The molecule has 12 heteroatoms. The standard InChI is InChI=1S/C29H25Cl4F3N4O/c1-39-25-13-24(40-9-3-4-18(15-40)29(34,35)36)22(33)12-23(25)38-26(39)11-17-10-16(7-8-19(17)30)14-37-28(41)27-20(31)5-2-6-21(27)32/h2,5-8,10,12-13,18H,3-4,9,11,14-15H2,1H3,(H,37,41). The molecule has 1 amide bonds. The van der Waals surface area contributed by atoms with E-state index in [2.05, 4.69) is 5.32 Å². The lowest BCUT2D eigenvalue weighted by Gasteiger charge is -2.35. The molecule has 216 valence electrons. The Morgan fingerprint density at radius 1 is 1.02 bits per heavy atom. The summed E-state index contributed by atoms with van der Waals surface area (Å²) in [4.78, 5) is 19.1. The van der Waals surface area contributed by atoms with E-state index in [9.17, 15) is 18.0 Å². The lowest BCUT2D eigenvalue weighted by molar-refractivity contribution is -0.175. The maximum absolute atomic E-state index is 13.4. The number of benzene rings is 3. The monoisotopic (exact) mass is 642 g/mol. The van der Waals surface area contributed by atoms with Gasteiger partial charge in [-0.1, -0.05) is 64.6 Å². The van der Waals surface area contributed by atoms with Gasteiger partial charge in [0.15, 0.2) is 0 Å². The lowest BCUT2D eigenvalue weighted by atomic mass is 9.97. The number of anilines is 1. The van der Waals surface area contributed by atoms with Crippen LogP contribution in [0.25, 0.3) is 11.0 Å². The molecular formula is C29H25Cl4F3N4O. The molecule has 5 rings (SSSR count). The van der Waals surface area contributed by atoms with Crippen molar-refractivity contribution < 1.29 is 18.0 Å². The third-order valence-corrected chi connectivity index (χ3v) is 8.67. The fourth-order valence-electron chi connectivity index (χ4n) is 5.14. The fourth-order valence-corrected chi connectivity index (χ4v) is 6.18. The molecule has 1 atom stereocenters. The summed E-state index contributed by atoms with van der Waals surface area (Å²) in [6.07, 6.45) is -3.30. The van der Waals surface area contributed by atoms with Gasteiger partial charge in [0.1, 0.15) is 5.82 Å². The molecule has 0 spiro atoms. The zero-order chi connectivity index (χ0) is 29.5. The number of nitrogens with one attached hydrogen (secondary N) is 1. The van der Waals surface area contributed by atoms with Crippen LogP contribution in [0, 0.1) is 5.92 Å². The van der Waals surface area contributed by atoms with Gasteiger partial charge in [-0.15, -0.1) is 0 Å². The summed E-state index contributed by atoms with van der Waals surface area (Å²) in [5, 5.41) is 4.25. The fraction of sp³-hybridized carbons (Fsp3) is 0.310. The van der Waals surface area contributed by atoms with Crippen molar-refractivity contribution >= 4 is 69.0 Å². The molecule has 5 nitrogen and oxygen atoms in total. The minimum Gasteiger partial charge on any atom is -0.370 e. The Bertz CT molecular complexity index is 1600. The number of piperidine rings is 1. The third-order valence-electron chi connectivity index (χ3n) is 7.37. The number of imidazole rings is 1. The van der Waals surface area contributed by atoms with Crippen LogP contribution in [0.3, 0.4) is 0 Å². The van der Waals surface area contributed by atoms with Gasteiger partial charge in [0, 0.05) is 38.1 Å². The number of carbonyl (C=O) groups is 1. The first-order valence-electron chi connectivity index (χ1n) is 12.9. The van der Waals surface area contributed by atoms with Crippen molar-refractivity contribution in [2.75, 3.05) is 18.0 Å². The molecule has 1 unspecified atom stereocenters. The van der Waals surface area contributed by atoms with Gasteiger partial charge in [-0.3, -0.25) is 4.79 Å². The van der Waals surface area contributed by atoms with E-state index < -0.39 is 18.0 Å². The SMILES string of the molecule is Cn1c(Cc2cc(CNC(=O)c3c(Cl)cccc3Cl)ccc2Cl)nc2cc(Cl)c(N3CCCC(C(F)(F)F)C3)cc21. The molecule has 0 radical (unpaired) electrons. The minimum absolute atomic E-state index is 0.118. The van der Waals surface area contributed by atoms with Gasteiger partial charge in [0.05, 0.1) is 43.3 Å². The van der Waals surface area contributed by atoms with Gasteiger partial charge in [-0.25, -0.2) is 4.98 Å². The summed E-state index contributed by atoms with van der Waals surface area (Å²) >= 11 is 25.4. The topological polar surface area (TPSA) is 50.2 Å². The molecule has 1 saturated heterocycles. The highest BCUT2D eigenvalue weighted by Gasteiger charge is 2.42. The molecule has 1 aromatic heterocycles. The second kappa shape index (κ2) is 11.9. The van der Waals surface area contributed by atoms with Crippen LogP contribution in [-0.4, -0.2) is 34.7 Å². The molecule has 1 N–H and O–H groups in total. The van der Waals surface area contributed by atoms with E-state index in [0.717, 1.165) is 16.6 Å². The zero-order valence-corrected chi connectivity index (χ0v) is 24.9. The molecule has 1 aliphatic heterocycles. The molecular weight excluding hydrogens is 619 g/mol. The number of rotatable bonds is 6. The molecule has 4 aromatic rings. The normalized spacial score (nSPS) is 15.9. The van der Waals surface area contributed by atoms with Crippen LogP contribution in [0.5, 0.6) is 0 Å². The van der Waals surface area contributed by atoms with Crippen LogP contribution in [0.2, 0.25) is 20.1 Å². The molecule has 0 saturated carbocycles. The predicted octanol–water partition coefficient (Wildman–Crippen LogP) is 8.49. The number of aryl methyl sites for hydroxylation is 1. The second-order valence-electron chi connectivity index (χ2n) is 10.1. The maximum atomic E-state index is 13.4. The first-order chi connectivity index (χ1) is 19.4. The minimum atomic E-state index is -4.24. The summed E-state index contributed by atoms with van der Waals surface area (Å²) in [6.45, 7) is 0.603. The molecule has 0 aliphatic carbocycles. The van der Waals surface area contributed by atoms with E-state index in [1.807, 2.05) is 23.7 Å². The zero-order valence-electron chi connectivity index (χ0n) is 21.8. The maximum Gasteiger partial charge on any atom is 0.393 e. The highest BCUT2D eigenvalue weighted by atomic mass is 35.5. The van der Waals surface area contributed by atoms with Gasteiger partial charge < -0.3 is 14.8 Å². The Morgan fingerprint density at radius 3 is 2.46 bits per heavy atom. The number of fused-ring (bicyclic) bond motifs is 1. The van der Waals surface area contributed by atoms with Crippen molar-refractivity contribution in [3.05, 3.63) is 91.1 Å². The number of amides is 1. The van der Waals surface area contributed by atoms with Crippen LogP contribution >= 0.6 is 46.4 Å². The number of hydrogen-bond acceptors (Lipinski definition) is 3. The highest BCUT2D eigenvalue weighted by Crippen LogP contribution is 2.38. The van der Waals surface area contributed by atoms with Crippen molar-refractivity contribution in [1.82, 2.24) is 14.9 Å². The number of halogens is 7. The number of hydrogen-bond donors (Lipinski definition) is 1. The number of carbonyl (C=O) groups excluding carboxylic acids is 1. The summed E-state index contributed by atoms with van der Waals surface area (Å²) in [5.41, 5.74) is 3.78. The number of nitrogens with zero attached hydrogens (tertiary/aromatic N) is 3. The van der Waals surface area contributed by atoms with E-state index in [1.54, 1.807) is 41.3 Å². The van der Waals surface area contributed by atoms with Crippen LogP contribution in [0.1, 0.15) is 40.2 Å². The smallest absolute Gasteiger partial charge is 0.370 e. The van der Waals surface area contributed by atoms with Crippen molar-refractivity contribution in [2.45, 2.75) is 32.0 Å². The van der Waals surface area contributed by atoms with Crippen LogP contribution in [0.4, 0.5) is 18.9 Å². The average Bonchev–Trinajstić information content (AvgIpc) is 3.21. The quantitative estimate of drug-likeness (QED) is 0.229. The van der Waals surface area contributed by atoms with Crippen LogP contribution in [-0.2, 0) is 20.0 Å². The van der Waals surface area contributed by atoms with E-state index in [4.69, 9.17) is 51.4 Å². The Morgan fingerprint density at radius 2 is 1.76 bits per heavy atom. The van der Waals surface area contributed by atoms with Crippen molar-refractivity contribution in [1.29, 1.82) is 0 Å². The Hall–Kier alpha value is -2.65. The van der Waals surface area contributed by atoms with Gasteiger partial charge in [0.2, 0.25) is 0 Å². The van der Waals surface area contributed by atoms with E-state index in [-0.39, 0.29) is 35.1 Å². The lowest BCUT2D eigenvalue weighted by Crippen LogP contribution is -2.41. The van der Waals surface area contributed by atoms with Crippen LogP contribution in [0.15, 0.2) is 48.5 Å². The highest BCUT2D eigenvalue weighted by molar-refractivity contribution is 6.39. The van der Waals surface area contributed by atoms with Gasteiger partial charge in [0.25, 0.3) is 5.91 Å².